The molecular weight excluding hydrogens is 276 g/mol. The van der Waals surface area contributed by atoms with Crippen molar-refractivity contribution in [2.24, 2.45) is 0 Å². The van der Waals surface area contributed by atoms with Crippen LogP contribution in [0.1, 0.15) is 23.6 Å². The van der Waals surface area contributed by atoms with E-state index in [1.807, 2.05) is 36.4 Å². The van der Waals surface area contributed by atoms with Crippen molar-refractivity contribution in [2.45, 2.75) is 17.9 Å². The number of carbonyl (C=O) groups is 1. The van der Waals surface area contributed by atoms with Crippen molar-refractivity contribution in [3.63, 3.8) is 0 Å². The number of hydrogen-bond acceptors (Lipinski definition) is 3. The van der Waals surface area contributed by atoms with Crippen molar-refractivity contribution >= 4 is 11.6 Å². The number of ether oxygens (including phenoxy) is 1. The predicted molar refractivity (Wildman–Crippen MR) is 85.1 cm³/mol. The molecule has 2 aromatic carbocycles. The average molecular weight is 294 g/mol. The van der Waals surface area contributed by atoms with Crippen LogP contribution in [0.3, 0.4) is 0 Å². The number of anilines is 1. The topological polar surface area (TPSA) is 50.4 Å². The Balaban J connectivity index is 1.85. The lowest BCUT2D eigenvalue weighted by Crippen LogP contribution is -2.39. The predicted octanol–water partition coefficient (Wildman–Crippen LogP) is 2.62. The van der Waals surface area contributed by atoms with E-state index in [0.717, 1.165) is 35.5 Å². The Morgan fingerprint density at radius 1 is 1.18 bits per heavy atom. The second kappa shape index (κ2) is 4.85. The molecule has 2 atom stereocenters. The first-order valence-electron chi connectivity index (χ1n) is 7.54. The monoisotopic (exact) mass is 294 g/mol. The number of nitrogens with one attached hydrogen (secondary N) is 2. The zero-order valence-corrected chi connectivity index (χ0v) is 12.4. The van der Waals surface area contributed by atoms with Crippen molar-refractivity contribution in [3.8, 4) is 5.75 Å². The van der Waals surface area contributed by atoms with Crippen LogP contribution in [0.2, 0.25) is 0 Å². The zero-order valence-electron chi connectivity index (χ0n) is 12.4. The summed E-state index contributed by atoms with van der Waals surface area (Å²) >= 11 is 0. The van der Waals surface area contributed by atoms with Crippen molar-refractivity contribution in [1.82, 2.24) is 5.32 Å². The zero-order chi connectivity index (χ0) is 15.2. The van der Waals surface area contributed by atoms with Crippen LogP contribution < -0.4 is 15.4 Å². The van der Waals surface area contributed by atoms with Crippen LogP contribution >= 0.6 is 0 Å². The van der Waals surface area contributed by atoms with Gasteiger partial charge in [-0.15, -0.1) is 0 Å². The largest absolute Gasteiger partial charge is 0.497 e. The van der Waals surface area contributed by atoms with Crippen LogP contribution in [0.15, 0.2) is 48.5 Å². The molecule has 0 radical (unpaired) electrons. The van der Waals surface area contributed by atoms with Gasteiger partial charge in [0.2, 0.25) is 5.91 Å². The van der Waals surface area contributed by atoms with Gasteiger partial charge in [0.1, 0.15) is 5.75 Å². The van der Waals surface area contributed by atoms with Crippen molar-refractivity contribution in [2.75, 3.05) is 19.0 Å². The first kappa shape index (κ1) is 13.3. The molecule has 112 valence electrons. The quantitative estimate of drug-likeness (QED) is 0.895. The van der Waals surface area contributed by atoms with E-state index in [0.29, 0.717) is 0 Å². The summed E-state index contributed by atoms with van der Waals surface area (Å²) < 4.78 is 5.33. The Morgan fingerprint density at radius 3 is 2.91 bits per heavy atom. The van der Waals surface area contributed by atoms with Crippen molar-refractivity contribution in [3.05, 3.63) is 59.7 Å². The Hall–Kier alpha value is -2.33. The molecule has 4 nitrogen and oxygen atoms in total. The highest BCUT2D eigenvalue weighted by Crippen LogP contribution is 2.51. The molecule has 4 heteroatoms. The van der Waals surface area contributed by atoms with E-state index >= 15 is 0 Å². The summed E-state index contributed by atoms with van der Waals surface area (Å²) in [5, 5.41) is 6.56. The lowest BCUT2D eigenvalue weighted by molar-refractivity contribution is -0.121. The maximum atomic E-state index is 12.8. The van der Waals surface area contributed by atoms with E-state index < -0.39 is 5.41 Å². The molecule has 0 aromatic heterocycles. The highest BCUT2D eigenvalue weighted by Gasteiger charge is 2.55. The van der Waals surface area contributed by atoms with Gasteiger partial charge < -0.3 is 15.4 Å². The Kier molecular flexibility index (Phi) is 2.94. The minimum absolute atomic E-state index is 0.0359. The SMILES string of the molecule is COc1cccc(C2NCCC23C(=O)Nc2ccccc23)c1. The number of carbonyl (C=O) groups excluding carboxylic acids is 1. The minimum Gasteiger partial charge on any atom is -0.497 e. The molecule has 2 heterocycles. The molecule has 1 spiro atoms. The van der Waals surface area contributed by atoms with Crippen LogP contribution in [0.5, 0.6) is 5.75 Å². The molecule has 2 aliphatic rings. The number of fused-ring (bicyclic) bond motifs is 2. The maximum absolute atomic E-state index is 12.8. The summed E-state index contributed by atoms with van der Waals surface area (Å²) in [6, 6.07) is 15.9. The first-order valence-corrected chi connectivity index (χ1v) is 7.54. The normalized spacial score (nSPS) is 26.0. The third-order valence-electron chi connectivity index (χ3n) is 4.85. The maximum Gasteiger partial charge on any atom is 0.237 e. The van der Waals surface area contributed by atoms with Gasteiger partial charge in [-0.05, 0) is 42.3 Å². The molecule has 2 aromatic rings. The summed E-state index contributed by atoms with van der Waals surface area (Å²) in [6.07, 6.45) is 0.803. The number of para-hydroxylation sites is 1. The molecule has 22 heavy (non-hydrogen) atoms. The van der Waals surface area contributed by atoms with E-state index in [9.17, 15) is 4.79 Å². The minimum atomic E-state index is -0.525. The molecule has 1 amide bonds. The summed E-state index contributed by atoms with van der Waals surface area (Å²) in [4.78, 5) is 12.8. The fraction of sp³-hybridized carbons (Fsp3) is 0.278. The van der Waals surface area contributed by atoms with Gasteiger partial charge in [0, 0.05) is 5.69 Å². The lowest BCUT2D eigenvalue weighted by atomic mass is 9.73. The van der Waals surface area contributed by atoms with E-state index in [1.165, 1.54) is 0 Å². The number of benzene rings is 2. The number of rotatable bonds is 2. The Labute approximate surface area is 129 Å². The first-order chi connectivity index (χ1) is 10.8. The van der Waals surface area contributed by atoms with Gasteiger partial charge in [-0.1, -0.05) is 30.3 Å². The van der Waals surface area contributed by atoms with Gasteiger partial charge in [-0.2, -0.15) is 0 Å². The van der Waals surface area contributed by atoms with Gasteiger partial charge in [0.05, 0.1) is 18.6 Å². The summed E-state index contributed by atoms with van der Waals surface area (Å²) in [5.74, 6) is 0.902. The molecule has 4 rings (SSSR count). The molecule has 1 saturated heterocycles. The highest BCUT2D eigenvalue weighted by molar-refractivity contribution is 6.07. The van der Waals surface area contributed by atoms with Gasteiger partial charge in [-0.3, -0.25) is 4.79 Å². The fourth-order valence-electron chi connectivity index (χ4n) is 3.83. The Bertz CT molecular complexity index is 743. The van der Waals surface area contributed by atoms with Crippen LogP contribution in [-0.2, 0) is 10.2 Å². The van der Waals surface area contributed by atoms with Gasteiger partial charge in [0.15, 0.2) is 0 Å². The molecule has 0 saturated carbocycles. The second-order valence-corrected chi connectivity index (χ2v) is 5.88. The van der Waals surface area contributed by atoms with Gasteiger partial charge in [0.25, 0.3) is 0 Å². The Morgan fingerprint density at radius 2 is 2.05 bits per heavy atom. The summed E-state index contributed by atoms with van der Waals surface area (Å²) in [5.41, 5.74) is 2.59. The number of amides is 1. The number of hydrogen-bond donors (Lipinski definition) is 2. The number of methoxy groups -OCH3 is 1. The third-order valence-corrected chi connectivity index (χ3v) is 4.85. The van der Waals surface area contributed by atoms with E-state index in [1.54, 1.807) is 7.11 Å². The molecule has 1 fully saturated rings. The molecule has 2 aliphatic heterocycles. The second-order valence-electron chi connectivity index (χ2n) is 5.88. The molecule has 2 unspecified atom stereocenters. The van der Waals surface area contributed by atoms with Crippen molar-refractivity contribution in [1.29, 1.82) is 0 Å². The van der Waals surface area contributed by atoms with E-state index in [-0.39, 0.29) is 11.9 Å². The fourth-order valence-corrected chi connectivity index (χ4v) is 3.83. The molecule has 0 aliphatic carbocycles. The average Bonchev–Trinajstić information content (AvgIpc) is 3.12. The summed E-state index contributed by atoms with van der Waals surface area (Å²) in [6.45, 7) is 0.823. The lowest BCUT2D eigenvalue weighted by Gasteiger charge is -2.29. The molecule has 0 bridgehead atoms. The van der Waals surface area contributed by atoms with Crippen LogP contribution in [0.4, 0.5) is 5.69 Å². The third kappa shape index (κ3) is 1.70. The van der Waals surface area contributed by atoms with Crippen LogP contribution in [0.25, 0.3) is 0 Å². The van der Waals surface area contributed by atoms with Crippen molar-refractivity contribution < 1.29 is 9.53 Å². The van der Waals surface area contributed by atoms with E-state index in [4.69, 9.17) is 4.74 Å². The van der Waals surface area contributed by atoms with Gasteiger partial charge >= 0.3 is 0 Å². The summed E-state index contributed by atoms with van der Waals surface area (Å²) in [7, 11) is 1.66. The standard InChI is InChI=1S/C18H18N2O2/c1-22-13-6-4-5-12(11-13)16-18(9-10-19-16)14-7-2-3-8-15(14)20-17(18)21/h2-8,11,16,19H,9-10H2,1H3,(H,20,21). The van der Waals surface area contributed by atoms with Crippen LogP contribution in [-0.4, -0.2) is 19.6 Å². The van der Waals surface area contributed by atoms with E-state index in [2.05, 4.69) is 22.8 Å². The molecule has 2 N–H and O–H groups in total. The van der Waals surface area contributed by atoms with Gasteiger partial charge in [-0.25, -0.2) is 0 Å². The molecular formula is C18H18N2O2. The smallest absolute Gasteiger partial charge is 0.237 e. The highest BCUT2D eigenvalue weighted by atomic mass is 16.5. The van der Waals surface area contributed by atoms with Crippen LogP contribution in [0, 0.1) is 0 Å².